The van der Waals surface area contributed by atoms with E-state index >= 15 is 0 Å². The minimum absolute atomic E-state index is 0. The van der Waals surface area contributed by atoms with Crippen LogP contribution in [0.1, 0.15) is 26.3 Å². The summed E-state index contributed by atoms with van der Waals surface area (Å²) in [6.45, 7) is 10.9. The minimum atomic E-state index is -0.0110. The van der Waals surface area contributed by atoms with E-state index in [1.54, 1.807) is 0 Å². The zero-order chi connectivity index (χ0) is 18.5. The van der Waals surface area contributed by atoms with Gasteiger partial charge in [0, 0.05) is 57.4 Å². The molecule has 0 saturated carbocycles. The molecule has 2 heterocycles. The Bertz CT molecular complexity index is 727. The molecule has 0 bridgehead atoms. The Kier molecular flexibility index (Phi) is 9.73. The van der Waals surface area contributed by atoms with E-state index < -0.39 is 0 Å². The minimum Gasteiger partial charge on any atom is -0.354 e. The zero-order valence-corrected chi connectivity index (χ0v) is 18.4. The van der Waals surface area contributed by atoms with Gasteiger partial charge in [0.25, 0.3) is 0 Å². The predicted octanol–water partition coefficient (Wildman–Crippen LogP) is 3.76. The summed E-state index contributed by atoms with van der Waals surface area (Å²) in [5, 5.41) is 2.81. The number of nitrogens with zero attached hydrogens (tertiary/aromatic N) is 3. The molecule has 154 valence electrons. The molecule has 1 aliphatic rings. The van der Waals surface area contributed by atoms with Crippen molar-refractivity contribution in [2.45, 2.75) is 33.4 Å². The number of piperazine rings is 1. The summed E-state index contributed by atoms with van der Waals surface area (Å²) >= 11 is 0. The van der Waals surface area contributed by atoms with Crippen LogP contribution in [0.15, 0.2) is 42.6 Å². The molecule has 1 aliphatic heterocycles. The molecule has 7 heteroatoms. The summed E-state index contributed by atoms with van der Waals surface area (Å²) in [7, 11) is 0. The number of nitrogens with one attached hydrogen (secondary N) is 1. The highest BCUT2D eigenvalue weighted by Crippen LogP contribution is 2.22. The molecule has 1 saturated heterocycles. The molecule has 3 rings (SSSR count). The van der Waals surface area contributed by atoms with E-state index in [2.05, 4.69) is 58.2 Å². The SMILES string of the molecule is CC(=O)NCc1ccc(-c2ccc(N3CCN(C(C)C)CC3)nc2)cc1.Cl.Cl. The smallest absolute Gasteiger partial charge is 0.217 e. The van der Waals surface area contributed by atoms with Gasteiger partial charge in [-0.05, 0) is 37.1 Å². The van der Waals surface area contributed by atoms with Gasteiger partial charge in [-0.25, -0.2) is 4.98 Å². The van der Waals surface area contributed by atoms with Crippen LogP contribution in [-0.2, 0) is 11.3 Å². The van der Waals surface area contributed by atoms with E-state index in [9.17, 15) is 4.79 Å². The summed E-state index contributed by atoms with van der Waals surface area (Å²) in [4.78, 5) is 20.5. The zero-order valence-electron chi connectivity index (χ0n) is 16.7. The molecule has 0 aliphatic carbocycles. The number of amides is 1. The summed E-state index contributed by atoms with van der Waals surface area (Å²) < 4.78 is 0. The largest absolute Gasteiger partial charge is 0.354 e. The Morgan fingerprint density at radius 3 is 2.11 bits per heavy atom. The van der Waals surface area contributed by atoms with Gasteiger partial charge >= 0.3 is 0 Å². The van der Waals surface area contributed by atoms with Crippen molar-refractivity contribution in [1.82, 2.24) is 15.2 Å². The first kappa shape index (κ1) is 24.2. The lowest BCUT2D eigenvalue weighted by molar-refractivity contribution is -0.119. The van der Waals surface area contributed by atoms with Crippen LogP contribution < -0.4 is 10.2 Å². The van der Waals surface area contributed by atoms with Gasteiger partial charge in [-0.1, -0.05) is 24.3 Å². The lowest BCUT2D eigenvalue weighted by Gasteiger charge is -2.37. The number of anilines is 1. The molecule has 0 spiro atoms. The first-order valence-electron chi connectivity index (χ1n) is 9.32. The molecule has 1 aromatic carbocycles. The highest BCUT2D eigenvalue weighted by atomic mass is 35.5. The number of hydrogen-bond donors (Lipinski definition) is 1. The molecular weight excluding hydrogens is 395 g/mol. The van der Waals surface area contributed by atoms with Crippen molar-refractivity contribution in [2.75, 3.05) is 31.1 Å². The summed E-state index contributed by atoms with van der Waals surface area (Å²) in [5.41, 5.74) is 3.34. The standard InChI is InChI=1S/C21H28N4O.2ClH/c1-16(2)24-10-12-25(13-11-24)21-9-8-20(15-23-21)19-6-4-18(5-7-19)14-22-17(3)26;;/h4-9,15-16H,10-14H2,1-3H3,(H,22,26);2*1H. The van der Waals surface area contributed by atoms with E-state index in [1.807, 2.05) is 18.3 Å². The van der Waals surface area contributed by atoms with Crippen LogP contribution in [0.5, 0.6) is 0 Å². The molecule has 1 N–H and O–H groups in total. The van der Waals surface area contributed by atoms with Crippen molar-refractivity contribution in [1.29, 1.82) is 0 Å². The lowest BCUT2D eigenvalue weighted by atomic mass is 10.1. The van der Waals surface area contributed by atoms with Gasteiger partial charge in [-0.3, -0.25) is 9.69 Å². The average molecular weight is 425 g/mol. The number of rotatable bonds is 5. The van der Waals surface area contributed by atoms with Crippen molar-refractivity contribution in [3.63, 3.8) is 0 Å². The monoisotopic (exact) mass is 424 g/mol. The summed E-state index contributed by atoms with van der Waals surface area (Å²) in [6, 6.07) is 13.1. The van der Waals surface area contributed by atoms with Gasteiger partial charge in [-0.15, -0.1) is 24.8 Å². The maximum atomic E-state index is 11.0. The van der Waals surface area contributed by atoms with Gasteiger partial charge < -0.3 is 10.2 Å². The molecular formula is C21H30Cl2N4O. The van der Waals surface area contributed by atoms with Crippen LogP contribution in [-0.4, -0.2) is 48.0 Å². The van der Waals surface area contributed by atoms with Crippen molar-refractivity contribution in [2.24, 2.45) is 0 Å². The fourth-order valence-corrected chi connectivity index (χ4v) is 3.25. The van der Waals surface area contributed by atoms with Crippen molar-refractivity contribution in [3.8, 4) is 11.1 Å². The number of carbonyl (C=O) groups excluding carboxylic acids is 1. The fraction of sp³-hybridized carbons (Fsp3) is 0.429. The van der Waals surface area contributed by atoms with Crippen molar-refractivity contribution < 1.29 is 4.79 Å². The number of pyridine rings is 1. The van der Waals surface area contributed by atoms with E-state index in [-0.39, 0.29) is 30.7 Å². The quantitative estimate of drug-likeness (QED) is 0.793. The van der Waals surface area contributed by atoms with Crippen molar-refractivity contribution in [3.05, 3.63) is 48.2 Å². The molecule has 5 nitrogen and oxygen atoms in total. The Balaban J connectivity index is 0.00000196. The topological polar surface area (TPSA) is 48.5 Å². The van der Waals surface area contributed by atoms with Crippen LogP contribution in [0.3, 0.4) is 0 Å². The van der Waals surface area contributed by atoms with E-state index in [0.29, 0.717) is 12.6 Å². The number of hydrogen-bond acceptors (Lipinski definition) is 4. The molecule has 1 amide bonds. The Hall–Kier alpha value is -1.82. The van der Waals surface area contributed by atoms with Gasteiger partial charge in [0.05, 0.1) is 0 Å². The van der Waals surface area contributed by atoms with E-state index in [4.69, 9.17) is 0 Å². The Labute approximate surface area is 180 Å². The molecule has 2 aromatic rings. The molecule has 0 unspecified atom stereocenters. The maximum Gasteiger partial charge on any atom is 0.217 e. The van der Waals surface area contributed by atoms with Crippen LogP contribution >= 0.6 is 24.8 Å². The normalized spacial score (nSPS) is 14.2. The predicted molar refractivity (Wildman–Crippen MR) is 121 cm³/mol. The summed E-state index contributed by atoms with van der Waals surface area (Å²) in [6.07, 6.45) is 1.95. The van der Waals surface area contributed by atoms with Gasteiger partial charge in [0.15, 0.2) is 0 Å². The lowest BCUT2D eigenvalue weighted by Crippen LogP contribution is -2.49. The molecule has 0 atom stereocenters. The number of aromatic nitrogens is 1. The van der Waals surface area contributed by atoms with Crippen LogP contribution in [0, 0.1) is 0 Å². The fourth-order valence-electron chi connectivity index (χ4n) is 3.25. The second kappa shape index (κ2) is 11.2. The molecule has 0 radical (unpaired) electrons. The third kappa shape index (κ3) is 6.36. The van der Waals surface area contributed by atoms with Crippen LogP contribution in [0.4, 0.5) is 5.82 Å². The van der Waals surface area contributed by atoms with Gasteiger partial charge in [0.2, 0.25) is 5.91 Å². The average Bonchev–Trinajstić information content (AvgIpc) is 2.67. The highest BCUT2D eigenvalue weighted by molar-refractivity contribution is 5.85. The van der Waals surface area contributed by atoms with Crippen LogP contribution in [0.2, 0.25) is 0 Å². The second-order valence-corrected chi connectivity index (χ2v) is 7.13. The van der Waals surface area contributed by atoms with Gasteiger partial charge in [-0.2, -0.15) is 0 Å². The number of carbonyl (C=O) groups is 1. The number of benzene rings is 1. The molecule has 1 fully saturated rings. The maximum absolute atomic E-state index is 11.0. The highest BCUT2D eigenvalue weighted by Gasteiger charge is 2.19. The molecule has 28 heavy (non-hydrogen) atoms. The first-order chi connectivity index (χ1) is 12.5. The van der Waals surface area contributed by atoms with Gasteiger partial charge in [0.1, 0.15) is 5.82 Å². The first-order valence-corrected chi connectivity index (χ1v) is 9.32. The van der Waals surface area contributed by atoms with Crippen LogP contribution in [0.25, 0.3) is 11.1 Å². The molecule has 1 aromatic heterocycles. The Morgan fingerprint density at radius 2 is 1.61 bits per heavy atom. The number of halogens is 2. The van der Waals surface area contributed by atoms with Crippen molar-refractivity contribution >= 4 is 36.5 Å². The third-order valence-corrected chi connectivity index (χ3v) is 4.95. The van der Waals surface area contributed by atoms with E-state index in [1.165, 1.54) is 6.92 Å². The Morgan fingerprint density at radius 1 is 1.00 bits per heavy atom. The summed E-state index contributed by atoms with van der Waals surface area (Å²) in [5.74, 6) is 1.04. The van der Waals surface area contributed by atoms with E-state index in [0.717, 1.165) is 48.7 Å². The third-order valence-electron chi connectivity index (χ3n) is 4.95. The second-order valence-electron chi connectivity index (χ2n) is 7.13.